The third-order valence-corrected chi connectivity index (χ3v) is 3.70. The normalized spacial score (nSPS) is 22.1. The fourth-order valence-corrected chi connectivity index (χ4v) is 2.59. The van der Waals surface area contributed by atoms with Gasteiger partial charge < -0.3 is 10.3 Å². The van der Waals surface area contributed by atoms with E-state index in [2.05, 4.69) is 4.98 Å². The van der Waals surface area contributed by atoms with Gasteiger partial charge in [0.1, 0.15) is 11.6 Å². The second-order valence-corrected chi connectivity index (χ2v) is 5.22. The van der Waals surface area contributed by atoms with E-state index < -0.39 is 18.1 Å². The van der Waals surface area contributed by atoms with Gasteiger partial charge in [0.05, 0.1) is 17.7 Å². The predicted octanol–water partition coefficient (Wildman–Crippen LogP) is 3.27. The number of hydrogen-bond donors (Lipinski definition) is 1. The van der Waals surface area contributed by atoms with Crippen molar-refractivity contribution in [1.29, 1.82) is 0 Å². The van der Waals surface area contributed by atoms with Crippen molar-refractivity contribution >= 4 is 0 Å². The molecule has 1 aliphatic heterocycles. The van der Waals surface area contributed by atoms with Crippen LogP contribution in [-0.4, -0.2) is 15.7 Å². The fourth-order valence-electron chi connectivity index (χ4n) is 2.59. The van der Waals surface area contributed by atoms with E-state index in [1.807, 2.05) is 0 Å². The Balaban J connectivity index is 1.94. The number of fused-ring (bicyclic) bond motifs is 1. The fraction of sp³-hybridized carbons (Fsp3) is 0.357. The summed E-state index contributed by atoms with van der Waals surface area (Å²) in [6.45, 7) is -0.180. The van der Waals surface area contributed by atoms with Crippen LogP contribution in [0, 0.1) is 11.7 Å². The van der Waals surface area contributed by atoms with Gasteiger partial charge in [-0.2, -0.15) is 13.2 Å². The molecule has 3 nitrogen and oxygen atoms in total. The van der Waals surface area contributed by atoms with Crippen LogP contribution < -0.4 is 5.73 Å². The molecule has 0 fully saturated rings. The topological polar surface area (TPSA) is 43.8 Å². The molecule has 2 aromatic rings. The lowest BCUT2D eigenvalue weighted by atomic mass is 9.95. The number of alkyl halides is 3. The third kappa shape index (κ3) is 2.65. The summed E-state index contributed by atoms with van der Waals surface area (Å²) in [5, 5.41) is 0. The van der Waals surface area contributed by atoms with Crippen LogP contribution in [0.2, 0.25) is 0 Å². The summed E-state index contributed by atoms with van der Waals surface area (Å²) in [7, 11) is 0. The molecule has 1 aromatic heterocycles. The summed E-state index contributed by atoms with van der Waals surface area (Å²) in [6, 6.07) is 4.89. The van der Waals surface area contributed by atoms with Gasteiger partial charge in [-0.1, -0.05) is 0 Å². The molecule has 2 N–H and O–H groups in total. The van der Waals surface area contributed by atoms with Crippen LogP contribution in [0.1, 0.15) is 18.3 Å². The second-order valence-electron chi connectivity index (χ2n) is 5.22. The van der Waals surface area contributed by atoms with Gasteiger partial charge >= 0.3 is 6.18 Å². The summed E-state index contributed by atoms with van der Waals surface area (Å²) in [5.74, 6) is -1.40. The highest BCUT2D eigenvalue weighted by Gasteiger charge is 2.44. The van der Waals surface area contributed by atoms with Gasteiger partial charge in [0.15, 0.2) is 0 Å². The van der Waals surface area contributed by atoms with Gasteiger partial charge in [0.25, 0.3) is 0 Å². The van der Waals surface area contributed by atoms with Crippen molar-refractivity contribution in [3.63, 3.8) is 0 Å². The van der Waals surface area contributed by atoms with E-state index in [1.165, 1.54) is 28.8 Å². The van der Waals surface area contributed by atoms with Crippen LogP contribution in [0.4, 0.5) is 17.6 Å². The zero-order valence-corrected chi connectivity index (χ0v) is 10.9. The van der Waals surface area contributed by atoms with Crippen LogP contribution in [0.5, 0.6) is 0 Å². The largest absolute Gasteiger partial charge is 0.393 e. The molecule has 0 amide bonds. The number of halogens is 4. The molecule has 7 heteroatoms. The second kappa shape index (κ2) is 4.84. The molecule has 0 saturated heterocycles. The SMILES string of the molecule is NC1CC(C(F)(F)F)Cn2cc(-c3ccc(F)cc3)nc21. The number of hydrogen-bond acceptors (Lipinski definition) is 2. The predicted molar refractivity (Wildman–Crippen MR) is 68.7 cm³/mol. The van der Waals surface area contributed by atoms with Crippen molar-refractivity contribution in [3.8, 4) is 11.3 Å². The number of imidazole rings is 1. The molecule has 0 aliphatic carbocycles. The van der Waals surface area contributed by atoms with Gasteiger partial charge in [-0.15, -0.1) is 0 Å². The van der Waals surface area contributed by atoms with Crippen molar-refractivity contribution in [1.82, 2.24) is 9.55 Å². The minimum Gasteiger partial charge on any atom is -0.332 e. The highest BCUT2D eigenvalue weighted by Crippen LogP contribution is 2.38. The molecule has 2 unspecified atom stereocenters. The van der Waals surface area contributed by atoms with Crippen molar-refractivity contribution in [2.75, 3.05) is 0 Å². The van der Waals surface area contributed by atoms with Gasteiger partial charge in [-0.3, -0.25) is 0 Å². The molecule has 2 atom stereocenters. The Morgan fingerprint density at radius 1 is 1.19 bits per heavy atom. The molecule has 0 bridgehead atoms. The molecule has 0 radical (unpaired) electrons. The minimum atomic E-state index is -4.27. The van der Waals surface area contributed by atoms with Gasteiger partial charge in [0.2, 0.25) is 0 Å². The van der Waals surface area contributed by atoms with E-state index in [0.29, 0.717) is 17.1 Å². The molecule has 0 spiro atoms. The van der Waals surface area contributed by atoms with Crippen molar-refractivity contribution in [2.24, 2.45) is 11.7 Å². The standard InChI is InChI=1S/C14H13F4N3/c15-10-3-1-8(2-4-10)12-7-21-6-9(14(16,17)18)5-11(19)13(21)20-12/h1-4,7,9,11H,5-6,19H2. The van der Waals surface area contributed by atoms with E-state index in [9.17, 15) is 17.6 Å². The number of benzene rings is 1. The Bertz CT molecular complexity index is 645. The number of aromatic nitrogens is 2. The number of rotatable bonds is 1. The van der Waals surface area contributed by atoms with Crippen LogP contribution in [0.25, 0.3) is 11.3 Å². The quantitative estimate of drug-likeness (QED) is 0.821. The number of nitrogens with zero attached hydrogens (tertiary/aromatic N) is 2. The average molecular weight is 299 g/mol. The Labute approximate surface area is 118 Å². The number of nitrogens with two attached hydrogens (primary N) is 1. The first-order valence-corrected chi connectivity index (χ1v) is 6.50. The van der Waals surface area contributed by atoms with Gasteiger partial charge in [-0.25, -0.2) is 9.37 Å². The lowest BCUT2D eigenvalue weighted by Gasteiger charge is -2.29. The van der Waals surface area contributed by atoms with Gasteiger partial charge in [-0.05, 0) is 30.7 Å². The zero-order valence-electron chi connectivity index (χ0n) is 10.9. The third-order valence-electron chi connectivity index (χ3n) is 3.70. The lowest BCUT2D eigenvalue weighted by molar-refractivity contribution is -0.184. The molecule has 2 heterocycles. The maximum atomic E-state index is 12.9. The zero-order chi connectivity index (χ0) is 15.2. The lowest BCUT2D eigenvalue weighted by Crippen LogP contribution is -2.36. The first kappa shape index (κ1) is 14.1. The minimum absolute atomic E-state index is 0.163. The average Bonchev–Trinajstić information content (AvgIpc) is 2.83. The van der Waals surface area contributed by atoms with Crippen molar-refractivity contribution in [2.45, 2.75) is 25.2 Å². The Hall–Kier alpha value is -1.89. The van der Waals surface area contributed by atoms with Crippen LogP contribution in [0.3, 0.4) is 0 Å². The molecular formula is C14H13F4N3. The van der Waals surface area contributed by atoms with E-state index >= 15 is 0 Å². The van der Waals surface area contributed by atoms with E-state index in [1.54, 1.807) is 6.20 Å². The monoisotopic (exact) mass is 299 g/mol. The molecule has 112 valence electrons. The summed E-state index contributed by atoms with van der Waals surface area (Å²) in [5.41, 5.74) is 6.96. The maximum Gasteiger partial charge on any atom is 0.393 e. The summed E-state index contributed by atoms with van der Waals surface area (Å²) in [6.07, 6.45) is -2.89. The van der Waals surface area contributed by atoms with Crippen molar-refractivity contribution < 1.29 is 17.6 Å². The van der Waals surface area contributed by atoms with E-state index in [0.717, 1.165) is 0 Å². The molecule has 3 rings (SSSR count). The highest BCUT2D eigenvalue weighted by molar-refractivity contribution is 5.58. The smallest absolute Gasteiger partial charge is 0.332 e. The van der Waals surface area contributed by atoms with Crippen LogP contribution in [0.15, 0.2) is 30.5 Å². The van der Waals surface area contributed by atoms with E-state index in [4.69, 9.17) is 5.73 Å². The summed E-state index contributed by atoms with van der Waals surface area (Å²) in [4.78, 5) is 4.30. The molecule has 0 saturated carbocycles. The highest BCUT2D eigenvalue weighted by atomic mass is 19.4. The first-order chi connectivity index (χ1) is 9.84. The Morgan fingerprint density at radius 2 is 1.86 bits per heavy atom. The molecular weight excluding hydrogens is 286 g/mol. The van der Waals surface area contributed by atoms with Crippen molar-refractivity contribution in [3.05, 3.63) is 42.1 Å². The summed E-state index contributed by atoms with van der Waals surface area (Å²) >= 11 is 0. The Kier molecular flexibility index (Phi) is 3.24. The van der Waals surface area contributed by atoms with Crippen LogP contribution in [-0.2, 0) is 6.54 Å². The first-order valence-electron chi connectivity index (χ1n) is 6.50. The maximum absolute atomic E-state index is 12.9. The van der Waals surface area contributed by atoms with Gasteiger partial charge in [0, 0.05) is 18.3 Å². The Morgan fingerprint density at radius 3 is 2.48 bits per heavy atom. The molecule has 21 heavy (non-hydrogen) atoms. The van der Waals surface area contributed by atoms with E-state index in [-0.39, 0.29) is 18.8 Å². The molecule has 1 aromatic carbocycles. The summed E-state index contributed by atoms with van der Waals surface area (Å²) < 4.78 is 52.9. The van der Waals surface area contributed by atoms with Crippen LogP contribution >= 0.6 is 0 Å². The molecule has 1 aliphatic rings.